The van der Waals surface area contributed by atoms with Crippen molar-refractivity contribution in [1.82, 2.24) is 0 Å². The topological polar surface area (TPSA) is 30.2 Å². The lowest BCUT2D eigenvalue weighted by Crippen LogP contribution is -1.92. The first-order valence-corrected chi connectivity index (χ1v) is 6.12. The number of rotatable bonds is 2. The SMILES string of the molecule is CCC(=O)c1cc2cc(Br)cc(Br)c2o1. The molecule has 2 aromatic rings. The molecule has 0 aliphatic carbocycles. The number of ketones is 1. The normalized spacial score (nSPS) is 10.9. The summed E-state index contributed by atoms with van der Waals surface area (Å²) in [5.41, 5.74) is 0.718. The van der Waals surface area contributed by atoms with Gasteiger partial charge in [0.05, 0.1) is 4.47 Å². The third-order valence-electron chi connectivity index (χ3n) is 2.13. The fourth-order valence-electron chi connectivity index (χ4n) is 1.39. The summed E-state index contributed by atoms with van der Waals surface area (Å²) in [6.45, 7) is 1.82. The fourth-order valence-corrected chi connectivity index (χ4v) is 2.73. The lowest BCUT2D eigenvalue weighted by atomic mass is 10.2. The van der Waals surface area contributed by atoms with E-state index >= 15 is 0 Å². The summed E-state index contributed by atoms with van der Waals surface area (Å²) in [6, 6.07) is 5.60. The summed E-state index contributed by atoms with van der Waals surface area (Å²) in [5, 5.41) is 0.924. The second-order valence-corrected chi connectivity index (χ2v) is 4.96. The molecular formula is C11H8Br2O2. The van der Waals surface area contributed by atoms with Crippen LogP contribution in [0.2, 0.25) is 0 Å². The van der Waals surface area contributed by atoms with Gasteiger partial charge in [0.1, 0.15) is 5.58 Å². The molecule has 0 aliphatic rings. The Morgan fingerprint density at radius 1 is 1.33 bits per heavy atom. The summed E-state index contributed by atoms with van der Waals surface area (Å²) >= 11 is 6.79. The number of hydrogen-bond donors (Lipinski definition) is 0. The van der Waals surface area contributed by atoms with Crippen molar-refractivity contribution >= 4 is 48.6 Å². The van der Waals surface area contributed by atoms with Crippen molar-refractivity contribution in [3.8, 4) is 0 Å². The van der Waals surface area contributed by atoms with Gasteiger partial charge >= 0.3 is 0 Å². The van der Waals surface area contributed by atoms with E-state index in [0.717, 1.165) is 19.9 Å². The summed E-state index contributed by atoms with van der Waals surface area (Å²) in [4.78, 5) is 11.5. The number of benzene rings is 1. The average molecular weight is 332 g/mol. The minimum absolute atomic E-state index is 0.0224. The van der Waals surface area contributed by atoms with Gasteiger partial charge in [-0.1, -0.05) is 22.9 Å². The molecule has 2 rings (SSSR count). The first-order chi connectivity index (χ1) is 7.11. The Morgan fingerprint density at radius 3 is 2.73 bits per heavy atom. The van der Waals surface area contributed by atoms with Crippen LogP contribution in [-0.4, -0.2) is 5.78 Å². The standard InChI is InChI=1S/C11H8Br2O2/c1-2-9(14)10-4-6-3-7(12)5-8(13)11(6)15-10/h3-5H,2H2,1H3. The van der Waals surface area contributed by atoms with Crippen LogP contribution < -0.4 is 0 Å². The maximum Gasteiger partial charge on any atom is 0.197 e. The van der Waals surface area contributed by atoms with Crippen molar-refractivity contribution in [2.45, 2.75) is 13.3 Å². The Hall–Kier alpha value is -0.610. The van der Waals surface area contributed by atoms with Gasteiger partial charge in [0.25, 0.3) is 0 Å². The molecule has 0 aliphatic heterocycles. The third-order valence-corrected chi connectivity index (χ3v) is 3.18. The minimum Gasteiger partial charge on any atom is -0.452 e. The van der Waals surface area contributed by atoms with Crippen LogP contribution in [0.4, 0.5) is 0 Å². The highest BCUT2D eigenvalue weighted by Crippen LogP contribution is 2.31. The third kappa shape index (κ3) is 2.01. The van der Waals surface area contributed by atoms with E-state index in [-0.39, 0.29) is 5.78 Å². The molecule has 0 saturated carbocycles. The van der Waals surface area contributed by atoms with Gasteiger partial charge in [-0.2, -0.15) is 0 Å². The van der Waals surface area contributed by atoms with Crippen LogP contribution in [0.3, 0.4) is 0 Å². The van der Waals surface area contributed by atoms with Gasteiger partial charge in [-0.25, -0.2) is 0 Å². The molecule has 0 spiro atoms. The number of Topliss-reactive ketones (excluding diaryl/α,β-unsaturated/α-hetero) is 1. The van der Waals surface area contributed by atoms with Gasteiger partial charge in [0, 0.05) is 16.3 Å². The van der Waals surface area contributed by atoms with Crippen LogP contribution in [0.5, 0.6) is 0 Å². The van der Waals surface area contributed by atoms with Crippen LogP contribution in [-0.2, 0) is 0 Å². The van der Waals surface area contributed by atoms with Crippen LogP contribution in [0.1, 0.15) is 23.9 Å². The van der Waals surface area contributed by atoms with Crippen molar-refractivity contribution in [2.75, 3.05) is 0 Å². The van der Waals surface area contributed by atoms with Crippen LogP contribution in [0.25, 0.3) is 11.0 Å². The molecule has 78 valence electrons. The van der Waals surface area contributed by atoms with Crippen LogP contribution >= 0.6 is 31.9 Å². The highest BCUT2D eigenvalue weighted by atomic mass is 79.9. The molecule has 1 aromatic carbocycles. The van der Waals surface area contributed by atoms with Gasteiger partial charge in [-0.05, 0) is 34.1 Å². The molecule has 0 radical (unpaired) electrons. The molecule has 1 aromatic heterocycles. The molecular weight excluding hydrogens is 324 g/mol. The molecule has 15 heavy (non-hydrogen) atoms. The van der Waals surface area contributed by atoms with Gasteiger partial charge in [-0.15, -0.1) is 0 Å². The Labute approximate surface area is 104 Å². The van der Waals surface area contributed by atoms with Gasteiger partial charge in [0.15, 0.2) is 11.5 Å². The summed E-state index contributed by atoms with van der Waals surface area (Å²) in [5.74, 6) is 0.445. The first kappa shape index (κ1) is 10.9. The van der Waals surface area contributed by atoms with Crippen molar-refractivity contribution in [2.24, 2.45) is 0 Å². The molecule has 0 bridgehead atoms. The Kier molecular flexibility index (Phi) is 2.98. The lowest BCUT2D eigenvalue weighted by molar-refractivity contribution is 0.0963. The predicted octanol–water partition coefficient (Wildman–Crippen LogP) is 4.55. The van der Waals surface area contributed by atoms with E-state index in [1.54, 1.807) is 6.07 Å². The van der Waals surface area contributed by atoms with Crippen LogP contribution in [0, 0.1) is 0 Å². The molecule has 0 fully saturated rings. The van der Waals surface area contributed by atoms with Gasteiger partial charge in [0.2, 0.25) is 0 Å². The maximum absolute atomic E-state index is 11.5. The quantitative estimate of drug-likeness (QED) is 0.756. The Bertz CT molecular complexity index is 529. The van der Waals surface area contributed by atoms with Gasteiger partial charge in [-0.3, -0.25) is 4.79 Å². The van der Waals surface area contributed by atoms with Crippen molar-refractivity contribution < 1.29 is 9.21 Å². The fraction of sp³-hybridized carbons (Fsp3) is 0.182. The largest absolute Gasteiger partial charge is 0.452 e. The second kappa shape index (κ2) is 4.10. The summed E-state index contributed by atoms with van der Waals surface area (Å²) in [7, 11) is 0. The lowest BCUT2D eigenvalue weighted by Gasteiger charge is -1.93. The smallest absolute Gasteiger partial charge is 0.197 e. The minimum atomic E-state index is 0.0224. The summed E-state index contributed by atoms with van der Waals surface area (Å²) < 4.78 is 7.29. The molecule has 0 atom stereocenters. The molecule has 2 nitrogen and oxygen atoms in total. The van der Waals surface area contributed by atoms with Gasteiger partial charge < -0.3 is 4.42 Å². The van der Waals surface area contributed by atoms with E-state index in [1.165, 1.54) is 0 Å². The highest BCUT2D eigenvalue weighted by Gasteiger charge is 2.12. The Balaban J connectivity index is 2.65. The average Bonchev–Trinajstić information content (AvgIpc) is 2.60. The van der Waals surface area contributed by atoms with E-state index < -0.39 is 0 Å². The molecule has 0 amide bonds. The van der Waals surface area contributed by atoms with Crippen molar-refractivity contribution in [3.63, 3.8) is 0 Å². The van der Waals surface area contributed by atoms with Crippen LogP contribution in [0.15, 0.2) is 31.6 Å². The predicted molar refractivity (Wildman–Crippen MR) is 66.2 cm³/mol. The number of carbonyl (C=O) groups is 1. The Morgan fingerprint density at radius 2 is 2.07 bits per heavy atom. The number of fused-ring (bicyclic) bond motifs is 1. The van der Waals surface area contributed by atoms with E-state index in [9.17, 15) is 4.79 Å². The molecule has 4 heteroatoms. The first-order valence-electron chi connectivity index (χ1n) is 4.53. The van der Waals surface area contributed by atoms with E-state index in [4.69, 9.17) is 4.42 Å². The van der Waals surface area contributed by atoms with E-state index in [1.807, 2.05) is 19.1 Å². The number of carbonyl (C=O) groups excluding carboxylic acids is 1. The molecule has 0 unspecified atom stereocenters. The molecule has 0 saturated heterocycles. The zero-order valence-corrected chi connectivity index (χ0v) is 11.2. The number of halogens is 2. The van der Waals surface area contributed by atoms with Crippen molar-refractivity contribution in [1.29, 1.82) is 0 Å². The second-order valence-electron chi connectivity index (χ2n) is 3.19. The zero-order valence-electron chi connectivity index (χ0n) is 8.01. The van der Waals surface area contributed by atoms with Crippen molar-refractivity contribution in [3.05, 3.63) is 32.9 Å². The van der Waals surface area contributed by atoms with E-state index in [0.29, 0.717) is 12.2 Å². The number of furan rings is 1. The highest BCUT2D eigenvalue weighted by molar-refractivity contribution is 9.11. The van der Waals surface area contributed by atoms with E-state index in [2.05, 4.69) is 31.9 Å². The molecule has 1 heterocycles. The molecule has 0 N–H and O–H groups in total. The zero-order chi connectivity index (χ0) is 11.0. The summed E-state index contributed by atoms with van der Waals surface area (Å²) in [6.07, 6.45) is 0.457. The number of hydrogen-bond acceptors (Lipinski definition) is 2. The monoisotopic (exact) mass is 330 g/mol. The maximum atomic E-state index is 11.5.